The van der Waals surface area contributed by atoms with E-state index in [0.717, 1.165) is 37.0 Å². The molecule has 4 bridgehead atoms. The zero-order chi connectivity index (χ0) is 16.6. The minimum Gasteiger partial charge on any atom is -0.371 e. The zero-order valence-electron chi connectivity index (χ0n) is 15.6. The average Bonchev–Trinajstić information content (AvgIpc) is 2.57. The van der Waals surface area contributed by atoms with Gasteiger partial charge in [0.05, 0.1) is 0 Å². The molecule has 0 saturated heterocycles. The van der Waals surface area contributed by atoms with Gasteiger partial charge in [0.1, 0.15) is 6.10 Å². The molecule has 2 heteroatoms. The van der Waals surface area contributed by atoms with E-state index in [1.54, 1.807) is 0 Å². The predicted octanol–water partition coefficient (Wildman–Crippen LogP) is 5.54. The van der Waals surface area contributed by atoms with E-state index in [-0.39, 0.29) is 6.10 Å². The van der Waals surface area contributed by atoms with Crippen molar-refractivity contribution in [3.05, 3.63) is 0 Å². The van der Waals surface area contributed by atoms with Crippen molar-refractivity contribution >= 4 is 5.78 Å². The molecule has 5 rings (SSSR count). The molecule has 2 nitrogen and oxygen atoms in total. The molecule has 0 aromatic rings. The fourth-order valence-electron chi connectivity index (χ4n) is 7.19. The molecule has 1 unspecified atom stereocenters. The molecule has 5 aliphatic carbocycles. The minimum absolute atomic E-state index is 0.105. The summed E-state index contributed by atoms with van der Waals surface area (Å²) < 4.78 is 5.97. The lowest BCUT2D eigenvalue weighted by atomic mass is 9.48. The third-order valence-corrected chi connectivity index (χ3v) is 7.79. The smallest absolute Gasteiger partial charge is 0.164 e. The van der Waals surface area contributed by atoms with Crippen LogP contribution >= 0.6 is 0 Å². The van der Waals surface area contributed by atoms with E-state index < -0.39 is 0 Å². The van der Waals surface area contributed by atoms with E-state index in [9.17, 15) is 4.79 Å². The molecule has 0 spiro atoms. The van der Waals surface area contributed by atoms with Crippen LogP contribution in [0.15, 0.2) is 0 Å². The van der Waals surface area contributed by atoms with Crippen molar-refractivity contribution in [3.63, 3.8) is 0 Å². The lowest BCUT2D eigenvalue weighted by molar-refractivity contribution is -0.137. The van der Waals surface area contributed by atoms with Crippen molar-refractivity contribution in [1.29, 1.82) is 0 Å². The highest BCUT2D eigenvalue weighted by atomic mass is 16.5. The Balaban J connectivity index is 1.37. The summed E-state index contributed by atoms with van der Waals surface area (Å²) in [6.45, 7) is 2.73. The van der Waals surface area contributed by atoms with Gasteiger partial charge in [-0.05, 0) is 94.3 Å². The van der Waals surface area contributed by atoms with Gasteiger partial charge in [-0.1, -0.05) is 19.3 Å². The highest BCUT2D eigenvalue weighted by molar-refractivity contribution is 5.85. The Bertz CT molecular complexity index is 414. The normalized spacial score (nSPS) is 40.0. The molecule has 0 aliphatic heterocycles. The molecule has 0 N–H and O–H groups in total. The van der Waals surface area contributed by atoms with Crippen molar-refractivity contribution < 1.29 is 9.53 Å². The van der Waals surface area contributed by atoms with Crippen LogP contribution in [0.3, 0.4) is 0 Å². The van der Waals surface area contributed by atoms with Crippen molar-refractivity contribution in [2.45, 2.75) is 96.5 Å². The molecule has 24 heavy (non-hydrogen) atoms. The predicted molar refractivity (Wildman–Crippen MR) is 96.8 cm³/mol. The number of rotatable bonds is 7. The Morgan fingerprint density at radius 3 is 2.12 bits per heavy atom. The first-order chi connectivity index (χ1) is 11.7. The Morgan fingerprint density at radius 2 is 1.58 bits per heavy atom. The Kier molecular flexibility index (Phi) is 5.04. The number of ether oxygens (including phenoxy) is 1. The third-order valence-electron chi connectivity index (χ3n) is 7.79. The molecule has 5 saturated carbocycles. The maximum absolute atomic E-state index is 13.0. The quantitative estimate of drug-likeness (QED) is 0.612. The molecule has 136 valence electrons. The largest absolute Gasteiger partial charge is 0.371 e. The summed E-state index contributed by atoms with van der Waals surface area (Å²) in [7, 11) is 0. The lowest BCUT2D eigenvalue weighted by Crippen LogP contribution is -2.46. The van der Waals surface area contributed by atoms with Crippen LogP contribution in [0.5, 0.6) is 0 Å². The molecule has 0 aromatic carbocycles. The molecule has 0 heterocycles. The number of hydrogen-bond acceptors (Lipinski definition) is 2. The van der Waals surface area contributed by atoms with Crippen LogP contribution in [0.1, 0.15) is 90.4 Å². The van der Waals surface area contributed by atoms with Gasteiger partial charge in [0, 0.05) is 12.5 Å². The van der Waals surface area contributed by atoms with Gasteiger partial charge in [-0.25, -0.2) is 0 Å². The van der Waals surface area contributed by atoms with Gasteiger partial charge >= 0.3 is 0 Å². The maximum atomic E-state index is 13.0. The number of hydrogen-bond donors (Lipinski definition) is 0. The molecule has 0 aromatic heterocycles. The van der Waals surface area contributed by atoms with E-state index in [4.69, 9.17) is 4.74 Å². The van der Waals surface area contributed by atoms with Gasteiger partial charge in [-0.2, -0.15) is 0 Å². The summed E-state index contributed by atoms with van der Waals surface area (Å²) in [5.41, 5.74) is 0.580. The van der Waals surface area contributed by atoms with Crippen LogP contribution in [-0.2, 0) is 9.53 Å². The zero-order valence-corrected chi connectivity index (χ0v) is 15.6. The van der Waals surface area contributed by atoms with Crippen LogP contribution in [0.25, 0.3) is 0 Å². The van der Waals surface area contributed by atoms with E-state index >= 15 is 0 Å². The SMILES string of the molecule is CCOC(CCC12CC3CC(CC(C3)C1)C2)C(=O)C1CCCCC1. The third kappa shape index (κ3) is 3.45. The van der Waals surface area contributed by atoms with Crippen LogP contribution in [-0.4, -0.2) is 18.5 Å². The average molecular weight is 333 g/mol. The first-order valence-electron chi connectivity index (χ1n) is 10.8. The monoisotopic (exact) mass is 332 g/mol. The van der Waals surface area contributed by atoms with Crippen molar-refractivity contribution in [1.82, 2.24) is 0 Å². The highest BCUT2D eigenvalue weighted by Gasteiger charge is 2.50. The van der Waals surface area contributed by atoms with Gasteiger partial charge in [-0.15, -0.1) is 0 Å². The summed E-state index contributed by atoms with van der Waals surface area (Å²) >= 11 is 0. The van der Waals surface area contributed by atoms with Crippen LogP contribution in [0.4, 0.5) is 0 Å². The topological polar surface area (TPSA) is 26.3 Å². The summed E-state index contributed by atoms with van der Waals surface area (Å²) in [5, 5.41) is 0. The second-order valence-electron chi connectivity index (χ2n) is 9.64. The summed E-state index contributed by atoms with van der Waals surface area (Å²) in [6, 6.07) is 0. The van der Waals surface area contributed by atoms with Gasteiger partial charge in [0.25, 0.3) is 0 Å². The van der Waals surface area contributed by atoms with Gasteiger partial charge in [-0.3, -0.25) is 4.79 Å². The van der Waals surface area contributed by atoms with Gasteiger partial charge < -0.3 is 4.74 Å². The molecule has 5 aliphatic rings. The van der Waals surface area contributed by atoms with Gasteiger partial charge in [0.2, 0.25) is 0 Å². The van der Waals surface area contributed by atoms with Crippen LogP contribution in [0, 0.1) is 29.1 Å². The number of carbonyl (C=O) groups excluding carboxylic acids is 1. The van der Waals surface area contributed by atoms with E-state index in [2.05, 4.69) is 0 Å². The Hall–Kier alpha value is -0.370. The number of carbonyl (C=O) groups is 1. The molecular weight excluding hydrogens is 296 g/mol. The summed E-state index contributed by atoms with van der Waals surface area (Å²) in [4.78, 5) is 13.0. The van der Waals surface area contributed by atoms with Crippen LogP contribution in [0.2, 0.25) is 0 Å². The van der Waals surface area contributed by atoms with Crippen LogP contribution < -0.4 is 0 Å². The number of Topliss-reactive ketones (excluding diaryl/α,β-unsaturated/α-hetero) is 1. The minimum atomic E-state index is -0.105. The summed E-state index contributed by atoms with van der Waals surface area (Å²) in [6.07, 6.45) is 17.0. The van der Waals surface area contributed by atoms with Crippen molar-refractivity contribution in [2.75, 3.05) is 6.61 Å². The second-order valence-corrected chi connectivity index (χ2v) is 9.64. The standard InChI is InChI=1S/C22H36O2/c1-2-24-20(21(23)19-6-4-3-5-7-19)8-9-22-13-16-10-17(14-22)12-18(11-16)15-22/h16-20H,2-15H2,1H3. The summed E-state index contributed by atoms with van der Waals surface area (Å²) in [5.74, 6) is 3.77. The van der Waals surface area contributed by atoms with E-state index in [1.165, 1.54) is 64.2 Å². The first-order valence-corrected chi connectivity index (χ1v) is 10.8. The Labute approximate surface area is 148 Å². The fraction of sp³-hybridized carbons (Fsp3) is 0.955. The van der Waals surface area contributed by atoms with Gasteiger partial charge in [0.15, 0.2) is 5.78 Å². The molecule has 0 amide bonds. The van der Waals surface area contributed by atoms with E-state index in [1.807, 2.05) is 6.92 Å². The van der Waals surface area contributed by atoms with E-state index in [0.29, 0.717) is 23.7 Å². The molecule has 0 radical (unpaired) electrons. The fourth-order valence-corrected chi connectivity index (χ4v) is 7.19. The second kappa shape index (κ2) is 7.09. The van der Waals surface area contributed by atoms with Crippen molar-refractivity contribution in [3.8, 4) is 0 Å². The highest BCUT2D eigenvalue weighted by Crippen LogP contribution is 2.61. The molecular formula is C22H36O2. The lowest BCUT2D eigenvalue weighted by Gasteiger charge is -2.57. The number of ketones is 1. The first kappa shape index (κ1) is 17.1. The maximum Gasteiger partial charge on any atom is 0.164 e. The Morgan fingerprint density at radius 1 is 1.00 bits per heavy atom. The molecule has 1 atom stereocenters. The molecule has 5 fully saturated rings. The van der Waals surface area contributed by atoms with Crippen molar-refractivity contribution in [2.24, 2.45) is 29.1 Å².